The molecule has 2 heterocycles. The molecule has 30 heavy (non-hydrogen) atoms. The van der Waals surface area contributed by atoms with Crippen molar-refractivity contribution in [2.75, 3.05) is 13.1 Å². The number of nitrogens with zero attached hydrogens (tertiary/aromatic N) is 1. The van der Waals surface area contributed by atoms with Gasteiger partial charge in [-0.05, 0) is 41.0 Å². The average molecular weight is 404 g/mol. The predicted octanol–water partition coefficient (Wildman–Crippen LogP) is 3.27. The quantitative estimate of drug-likeness (QED) is 0.664. The standard InChI is InChI=1S/C25H29N3O2/c1-17(2)23(28-12-11-18-7-3-4-9-20(18)16-28)15-26-24(29)14-21-13-19-8-5-6-10-22(19)27-25(21)30/h3-10,13,17,23H,11-12,14-16H2,1-2H3,(H,26,29)(H,27,30). The molecule has 5 nitrogen and oxygen atoms in total. The molecule has 1 unspecified atom stereocenters. The number of hydrogen-bond donors (Lipinski definition) is 2. The lowest BCUT2D eigenvalue weighted by Gasteiger charge is -2.38. The van der Waals surface area contributed by atoms with Gasteiger partial charge in [-0.3, -0.25) is 14.5 Å². The zero-order valence-corrected chi connectivity index (χ0v) is 17.7. The number of nitrogens with one attached hydrogen (secondary N) is 2. The third-order valence-electron chi connectivity index (χ3n) is 6.09. The van der Waals surface area contributed by atoms with Crippen LogP contribution in [0, 0.1) is 5.92 Å². The minimum atomic E-state index is -0.197. The molecule has 2 aromatic carbocycles. The Labute approximate surface area is 177 Å². The van der Waals surface area contributed by atoms with Crippen LogP contribution in [0.15, 0.2) is 59.4 Å². The summed E-state index contributed by atoms with van der Waals surface area (Å²) < 4.78 is 0. The van der Waals surface area contributed by atoms with Gasteiger partial charge in [0.05, 0.1) is 6.42 Å². The first-order chi connectivity index (χ1) is 14.5. The number of H-pyrrole nitrogens is 1. The Morgan fingerprint density at radius 2 is 1.83 bits per heavy atom. The SMILES string of the molecule is CC(C)C(CNC(=O)Cc1cc2ccccc2[nH]c1=O)N1CCc2ccccc2C1. The Kier molecular flexibility index (Phi) is 6.00. The van der Waals surface area contributed by atoms with E-state index in [9.17, 15) is 9.59 Å². The van der Waals surface area contributed by atoms with Gasteiger partial charge in [0.1, 0.15) is 0 Å². The van der Waals surface area contributed by atoms with Crippen molar-refractivity contribution in [1.82, 2.24) is 15.2 Å². The van der Waals surface area contributed by atoms with Crippen molar-refractivity contribution in [3.8, 4) is 0 Å². The number of para-hydroxylation sites is 1. The highest BCUT2D eigenvalue weighted by atomic mass is 16.2. The van der Waals surface area contributed by atoms with Crippen molar-refractivity contribution in [3.63, 3.8) is 0 Å². The molecule has 1 atom stereocenters. The van der Waals surface area contributed by atoms with Crippen LogP contribution in [-0.4, -0.2) is 34.9 Å². The summed E-state index contributed by atoms with van der Waals surface area (Å²) in [6.07, 6.45) is 1.13. The minimum Gasteiger partial charge on any atom is -0.354 e. The second kappa shape index (κ2) is 8.84. The van der Waals surface area contributed by atoms with Crippen LogP contribution < -0.4 is 10.9 Å². The molecule has 0 saturated carbocycles. The van der Waals surface area contributed by atoms with Crippen LogP contribution in [0.5, 0.6) is 0 Å². The summed E-state index contributed by atoms with van der Waals surface area (Å²) in [4.78, 5) is 30.3. The highest BCUT2D eigenvalue weighted by Crippen LogP contribution is 2.22. The summed E-state index contributed by atoms with van der Waals surface area (Å²) in [5.41, 5.74) is 3.90. The molecule has 0 aliphatic carbocycles. The molecule has 0 fully saturated rings. The first-order valence-corrected chi connectivity index (χ1v) is 10.7. The number of carbonyl (C=O) groups is 1. The van der Waals surface area contributed by atoms with E-state index in [1.54, 1.807) is 0 Å². The molecular formula is C25H29N3O2. The zero-order valence-electron chi connectivity index (χ0n) is 17.7. The number of benzene rings is 2. The fraction of sp³-hybridized carbons (Fsp3) is 0.360. The maximum atomic E-state index is 12.6. The van der Waals surface area contributed by atoms with Gasteiger partial charge in [-0.25, -0.2) is 0 Å². The van der Waals surface area contributed by atoms with Crippen LogP contribution >= 0.6 is 0 Å². The lowest BCUT2D eigenvalue weighted by atomic mass is 9.95. The third kappa shape index (κ3) is 4.46. The number of aromatic amines is 1. The van der Waals surface area contributed by atoms with Crippen molar-refractivity contribution in [3.05, 3.63) is 81.6 Å². The Morgan fingerprint density at radius 1 is 1.10 bits per heavy atom. The fourth-order valence-electron chi connectivity index (χ4n) is 4.36. The maximum Gasteiger partial charge on any atom is 0.252 e. The summed E-state index contributed by atoms with van der Waals surface area (Å²) in [6.45, 7) is 6.90. The molecule has 4 rings (SSSR count). The summed E-state index contributed by atoms with van der Waals surface area (Å²) in [5, 5.41) is 4.01. The first kappa shape index (κ1) is 20.4. The fourth-order valence-corrected chi connectivity index (χ4v) is 4.36. The van der Waals surface area contributed by atoms with Gasteiger partial charge in [-0.1, -0.05) is 56.3 Å². The number of fused-ring (bicyclic) bond motifs is 2. The molecule has 0 radical (unpaired) electrons. The maximum absolute atomic E-state index is 12.6. The van der Waals surface area contributed by atoms with Crippen LogP contribution in [0.2, 0.25) is 0 Å². The van der Waals surface area contributed by atoms with Crippen LogP contribution in [0.25, 0.3) is 10.9 Å². The van der Waals surface area contributed by atoms with Gasteiger partial charge in [0, 0.05) is 36.8 Å². The molecule has 1 aromatic heterocycles. The van der Waals surface area contributed by atoms with Crippen molar-refractivity contribution in [2.24, 2.45) is 5.92 Å². The second-order valence-corrected chi connectivity index (χ2v) is 8.49. The van der Waals surface area contributed by atoms with E-state index in [-0.39, 0.29) is 23.9 Å². The largest absolute Gasteiger partial charge is 0.354 e. The lowest BCUT2D eigenvalue weighted by Crippen LogP contribution is -2.49. The smallest absolute Gasteiger partial charge is 0.252 e. The molecule has 1 aliphatic heterocycles. The highest BCUT2D eigenvalue weighted by molar-refractivity contribution is 5.82. The number of rotatable bonds is 6. The number of amides is 1. The van der Waals surface area contributed by atoms with Crippen LogP contribution in [0.1, 0.15) is 30.5 Å². The second-order valence-electron chi connectivity index (χ2n) is 8.49. The highest BCUT2D eigenvalue weighted by Gasteiger charge is 2.26. The molecule has 0 spiro atoms. The minimum absolute atomic E-state index is 0.0911. The Balaban J connectivity index is 1.40. The van der Waals surface area contributed by atoms with Crippen LogP contribution in [-0.2, 0) is 24.2 Å². The number of pyridine rings is 1. The predicted molar refractivity (Wildman–Crippen MR) is 120 cm³/mol. The first-order valence-electron chi connectivity index (χ1n) is 10.7. The van der Waals surface area contributed by atoms with E-state index in [0.29, 0.717) is 18.0 Å². The van der Waals surface area contributed by atoms with Crippen LogP contribution in [0.3, 0.4) is 0 Å². The van der Waals surface area contributed by atoms with Gasteiger partial charge in [-0.2, -0.15) is 0 Å². The number of carbonyl (C=O) groups excluding carboxylic acids is 1. The third-order valence-corrected chi connectivity index (χ3v) is 6.09. The normalized spacial score (nSPS) is 15.2. The topological polar surface area (TPSA) is 65.2 Å². The lowest BCUT2D eigenvalue weighted by molar-refractivity contribution is -0.120. The van der Waals surface area contributed by atoms with Crippen molar-refractivity contribution in [2.45, 2.75) is 39.3 Å². The van der Waals surface area contributed by atoms with Gasteiger partial charge in [0.15, 0.2) is 0 Å². The van der Waals surface area contributed by atoms with Gasteiger partial charge < -0.3 is 10.3 Å². The van der Waals surface area contributed by atoms with Gasteiger partial charge in [-0.15, -0.1) is 0 Å². The zero-order chi connectivity index (χ0) is 21.1. The molecule has 156 valence electrons. The molecule has 2 N–H and O–H groups in total. The molecule has 1 amide bonds. The number of hydrogen-bond acceptors (Lipinski definition) is 3. The van der Waals surface area contributed by atoms with Gasteiger partial charge in [0.2, 0.25) is 5.91 Å². The van der Waals surface area contributed by atoms with E-state index in [1.165, 1.54) is 11.1 Å². The molecule has 0 bridgehead atoms. The average Bonchev–Trinajstić information content (AvgIpc) is 2.74. The Hall–Kier alpha value is -2.92. The molecular weight excluding hydrogens is 374 g/mol. The van der Waals surface area contributed by atoms with E-state index < -0.39 is 0 Å². The van der Waals surface area contributed by atoms with E-state index in [4.69, 9.17) is 0 Å². The van der Waals surface area contributed by atoms with Gasteiger partial charge in [0.25, 0.3) is 5.56 Å². The number of aromatic nitrogens is 1. The monoisotopic (exact) mass is 403 g/mol. The van der Waals surface area contributed by atoms with E-state index in [0.717, 1.165) is 30.4 Å². The van der Waals surface area contributed by atoms with E-state index in [2.05, 4.69) is 53.3 Å². The van der Waals surface area contributed by atoms with Crippen molar-refractivity contribution in [1.29, 1.82) is 0 Å². The summed E-state index contributed by atoms with van der Waals surface area (Å²) >= 11 is 0. The Bertz CT molecular complexity index is 1100. The van der Waals surface area contributed by atoms with Crippen molar-refractivity contribution < 1.29 is 4.79 Å². The molecule has 5 heteroatoms. The molecule has 3 aromatic rings. The molecule has 0 saturated heterocycles. The summed E-state index contributed by atoms with van der Waals surface area (Å²) in [5.74, 6) is 0.304. The van der Waals surface area contributed by atoms with E-state index >= 15 is 0 Å². The van der Waals surface area contributed by atoms with Crippen molar-refractivity contribution >= 4 is 16.8 Å². The summed E-state index contributed by atoms with van der Waals surface area (Å²) in [6, 6.07) is 18.3. The van der Waals surface area contributed by atoms with Gasteiger partial charge >= 0.3 is 0 Å². The molecule has 1 aliphatic rings. The van der Waals surface area contributed by atoms with Crippen LogP contribution in [0.4, 0.5) is 0 Å². The summed E-state index contributed by atoms with van der Waals surface area (Å²) in [7, 11) is 0. The Morgan fingerprint density at radius 3 is 2.63 bits per heavy atom. The van der Waals surface area contributed by atoms with E-state index in [1.807, 2.05) is 30.3 Å².